The maximum Gasteiger partial charge on any atom is 1.00 e. The van der Waals surface area contributed by atoms with Crippen LogP contribution in [0.2, 0.25) is 0 Å². The monoisotopic (exact) mass is 974 g/mol. The molecule has 3 saturated heterocycles. The average Bonchev–Trinajstić information content (AvgIpc) is 3.00. The van der Waals surface area contributed by atoms with Crippen molar-refractivity contribution in [2.24, 2.45) is 0 Å². The summed E-state index contributed by atoms with van der Waals surface area (Å²) in [7, 11) is -20.8. The Morgan fingerprint density at radius 3 is 1.50 bits per heavy atom. The van der Waals surface area contributed by atoms with Gasteiger partial charge in [0.1, 0.15) is 67.0 Å². The SMILES string of the molecule is CO[C@H]1O[C@H](CO)[C@@H](O[C@H]2O[C@H](C(=O)[O-])[C@@H](OC3O[C@H](COS(=O)(=O)[O-])[C@@H](OC)[C@H](O)[C@H]3NS(=O)(=O)[O-])[C@H](O)[C@H]2OS(=O)(=O)[O-])[C@H](O)[C@H]1NS(=O)(=O)[O-].[Na+].[Na+].[Na+].[Na+].[Na+]. The van der Waals surface area contributed by atoms with Gasteiger partial charge in [-0.15, -0.1) is 0 Å². The number of carboxylic acid groups (broad SMARTS) is 1. The summed E-state index contributed by atoms with van der Waals surface area (Å²) in [6.45, 7) is -2.46. The van der Waals surface area contributed by atoms with Gasteiger partial charge in [0.25, 0.3) is 0 Å². The predicted octanol–water partition coefficient (Wildman–Crippen LogP) is -25.4. The molecule has 15 atom stereocenters. The van der Waals surface area contributed by atoms with E-state index in [1.807, 2.05) is 0 Å². The molecule has 6 N–H and O–H groups in total. The quantitative estimate of drug-likeness (QED) is 0.0448. The predicted molar refractivity (Wildman–Crippen MR) is 147 cm³/mol. The number of nitrogens with one attached hydrogen (secondary N) is 2. The summed E-state index contributed by atoms with van der Waals surface area (Å²) < 4.78 is 184. The molecule has 3 rings (SSSR count). The summed E-state index contributed by atoms with van der Waals surface area (Å²) >= 11 is 0. The molecule has 0 aromatic heterocycles. The smallest absolute Gasteiger partial charge is 0.735 e. The van der Waals surface area contributed by atoms with Crippen molar-refractivity contribution in [3.8, 4) is 0 Å². The van der Waals surface area contributed by atoms with E-state index in [1.54, 1.807) is 0 Å². The van der Waals surface area contributed by atoms with Gasteiger partial charge in [-0.3, -0.25) is 8.37 Å². The molecule has 0 aromatic rings. The minimum atomic E-state index is -6.00. The van der Waals surface area contributed by atoms with Crippen LogP contribution in [-0.4, -0.2) is 198 Å². The van der Waals surface area contributed by atoms with E-state index in [9.17, 15) is 82.2 Å². The van der Waals surface area contributed by atoms with Gasteiger partial charge in [0.2, 0.25) is 20.8 Å². The van der Waals surface area contributed by atoms with Crippen LogP contribution in [0.3, 0.4) is 0 Å². The van der Waals surface area contributed by atoms with Crippen molar-refractivity contribution in [2.45, 2.75) is 92.0 Å². The molecule has 0 bridgehead atoms. The first-order chi connectivity index (χ1) is 24.2. The number of rotatable bonds is 17. The number of ether oxygens (including phenoxy) is 7. The summed E-state index contributed by atoms with van der Waals surface area (Å²) in [6, 6.07) is -4.44. The largest absolute Gasteiger partial charge is 1.00 e. The van der Waals surface area contributed by atoms with E-state index < -0.39 is 153 Å². The number of aliphatic hydroxyl groups is 4. The van der Waals surface area contributed by atoms with E-state index in [0.717, 1.165) is 14.2 Å². The third-order valence-corrected chi connectivity index (χ3v) is 9.54. The van der Waals surface area contributed by atoms with Crippen molar-refractivity contribution in [1.29, 1.82) is 0 Å². The number of aliphatic hydroxyl groups excluding tert-OH is 4. The van der Waals surface area contributed by atoms with Gasteiger partial charge in [0, 0.05) is 14.2 Å². The molecule has 0 radical (unpaired) electrons. The fraction of sp³-hybridized carbons (Fsp3) is 0.950. The van der Waals surface area contributed by atoms with Gasteiger partial charge in [0.15, 0.2) is 45.6 Å². The molecule has 0 spiro atoms. The van der Waals surface area contributed by atoms with Gasteiger partial charge >= 0.3 is 148 Å². The number of aliphatic carboxylic acids is 1. The Bertz CT molecular complexity index is 1720. The summed E-state index contributed by atoms with van der Waals surface area (Å²) in [5.41, 5.74) is 0. The maximum absolute atomic E-state index is 12.3. The Morgan fingerprint density at radius 2 is 1.09 bits per heavy atom. The molecule has 1 unspecified atom stereocenters. The summed E-state index contributed by atoms with van der Waals surface area (Å²) in [5.74, 6) is -2.40. The zero-order valence-corrected chi connectivity index (χ0v) is 44.7. The molecule has 3 heterocycles. The van der Waals surface area contributed by atoms with Crippen molar-refractivity contribution >= 4 is 47.4 Å². The topological polar surface area (TPSA) is 457 Å². The molecule has 3 aliphatic heterocycles. The van der Waals surface area contributed by atoms with Gasteiger partial charge in [-0.2, -0.15) is 0 Å². The first-order valence-electron chi connectivity index (χ1n) is 14.1. The third-order valence-electron chi connectivity index (χ3n) is 7.53. The number of hydrogen-bond acceptors (Lipinski definition) is 27. The number of carbonyl (C=O) groups excluding carboxylic acids is 1. The van der Waals surface area contributed by atoms with E-state index >= 15 is 0 Å². The van der Waals surface area contributed by atoms with E-state index in [1.165, 1.54) is 9.44 Å². The number of methoxy groups -OCH3 is 2. The first kappa shape index (κ1) is 65.8. The van der Waals surface area contributed by atoms with Crippen LogP contribution in [0.25, 0.3) is 0 Å². The molecule has 0 saturated carbocycles. The first-order valence-corrected chi connectivity index (χ1v) is 19.6. The molecular weight excluding hydrogens is 943 g/mol. The Kier molecular flexibility index (Phi) is 31.0. The molecule has 0 amide bonds. The van der Waals surface area contributed by atoms with E-state index in [4.69, 9.17) is 33.2 Å². The van der Waals surface area contributed by atoms with Gasteiger partial charge in [-0.25, -0.2) is 43.1 Å². The molecule has 29 nitrogen and oxygen atoms in total. The van der Waals surface area contributed by atoms with Crippen LogP contribution in [0.4, 0.5) is 0 Å². The molecule has 3 fully saturated rings. The second-order valence-electron chi connectivity index (χ2n) is 11.0. The van der Waals surface area contributed by atoms with Crippen LogP contribution >= 0.6 is 0 Å². The molecule has 312 valence electrons. The molecule has 3 aliphatic rings. The molecule has 0 aliphatic carbocycles. The van der Waals surface area contributed by atoms with Crippen LogP contribution in [0.1, 0.15) is 0 Å². The summed E-state index contributed by atoms with van der Waals surface area (Å²) in [4.78, 5) is 12.3. The van der Waals surface area contributed by atoms with E-state index in [-0.39, 0.29) is 148 Å². The molecular formula is C20H31N2Na5O27S4. The van der Waals surface area contributed by atoms with Crippen molar-refractivity contribution in [3.63, 3.8) is 0 Å². The van der Waals surface area contributed by atoms with E-state index in [2.05, 4.69) is 8.37 Å². The van der Waals surface area contributed by atoms with Crippen LogP contribution in [-0.2, 0) is 87.7 Å². The maximum atomic E-state index is 12.3. The number of carboxylic acids is 1. The Labute approximate surface area is 441 Å². The summed E-state index contributed by atoms with van der Waals surface area (Å²) in [6.07, 6.45) is -30.7. The zero-order valence-electron chi connectivity index (χ0n) is 31.4. The van der Waals surface area contributed by atoms with Gasteiger partial charge in [-0.1, -0.05) is 0 Å². The number of hydrogen-bond donors (Lipinski definition) is 6. The third kappa shape index (κ3) is 19.4. The van der Waals surface area contributed by atoms with Crippen molar-refractivity contribution in [3.05, 3.63) is 0 Å². The Balaban J connectivity index is -0.00000605. The second-order valence-corrected chi connectivity index (χ2v) is 15.3. The zero-order chi connectivity index (χ0) is 40.4. The van der Waals surface area contributed by atoms with Crippen molar-refractivity contribution in [2.75, 3.05) is 27.4 Å². The van der Waals surface area contributed by atoms with Gasteiger partial charge < -0.3 is 81.7 Å². The Hall–Kier alpha value is 3.51. The molecule has 58 heavy (non-hydrogen) atoms. The fourth-order valence-electron chi connectivity index (χ4n) is 5.46. The van der Waals surface area contributed by atoms with Gasteiger partial charge in [0.05, 0.1) is 19.2 Å². The standard InChI is InChI=1S/C20H36N2O27S4.5Na/c1-41-12-6(4-43-52(35,36)37)45-19(8(9(12)24)22-51(32,33)34)47-14-11(26)15(49-53(38,39)40)20(48-16(14)17(27)28)46-13-5(3-23)44-18(42-2)7(10(13)25)21-50(29,30)31;;;;;/h5-16,18-26H,3-4H2,1-2H3,(H,27,28)(H,29,30,31)(H,32,33,34)(H,35,36,37)(H,38,39,40);;;;;/q;5*+1/p-5/t5-,6-,7-,8-,9-,10-,11+,12-,13-,14+,15-,16+,18+,19?,20+;;;;;/m1...../s1. The minimum absolute atomic E-state index is 0. The van der Waals surface area contributed by atoms with E-state index in [0.29, 0.717) is 0 Å². The van der Waals surface area contributed by atoms with Crippen molar-refractivity contribution < 1.29 is 272 Å². The molecule has 38 heteroatoms. The minimum Gasteiger partial charge on any atom is -0.735 e. The summed E-state index contributed by atoms with van der Waals surface area (Å²) in [5, 5.41) is 55.0. The van der Waals surface area contributed by atoms with Crippen LogP contribution < -0.4 is 162 Å². The fourth-order valence-corrected chi connectivity index (χ4v) is 7.40. The van der Waals surface area contributed by atoms with Crippen LogP contribution in [0, 0.1) is 0 Å². The van der Waals surface area contributed by atoms with Gasteiger partial charge in [-0.05, 0) is 0 Å². The average molecular weight is 975 g/mol. The second kappa shape index (κ2) is 27.4. The molecule has 0 aromatic carbocycles. The van der Waals surface area contributed by atoms with Crippen molar-refractivity contribution in [1.82, 2.24) is 9.44 Å². The normalized spacial score (nSPS) is 35.7. The number of carbonyl (C=O) groups is 1. The Morgan fingerprint density at radius 1 is 0.621 bits per heavy atom. The van der Waals surface area contributed by atoms with Crippen LogP contribution in [0.5, 0.6) is 0 Å². The van der Waals surface area contributed by atoms with Crippen LogP contribution in [0.15, 0.2) is 0 Å².